The summed E-state index contributed by atoms with van der Waals surface area (Å²) in [5.41, 5.74) is 1.95. The van der Waals surface area contributed by atoms with E-state index in [4.69, 9.17) is 9.05 Å². The van der Waals surface area contributed by atoms with E-state index < -0.39 is 7.60 Å². The third-order valence-corrected chi connectivity index (χ3v) is 5.14. The third-order valence-electron chi connectivity index (χ3n) is 3.39. The number of aromatic nitrogens is 1. The SMILES string of the molecule is CCOP(=O)(/C=C/c1cc(C(=O)c2ccccc2)cn1C)OCC. The van der Waals surface area contributed by atoms with E-state index in [1.807, 2.05) is 25.2 Å². The molecule has 1 aromatic heterocycles. The first kappa shape index (κ1) is 18.4. The highest BCUT2D eigenvalue weighted by Gasteiger charge is 2.19. The molecule has 0 aliphatic carbocycles. The molecule has 1 heterocycles. The van der Waals surface area contributed by atoms with Crippen LogP contribution in [0.25, 0.3) is 6.08 Å². The van der Waals surface area contributed by atoms with E-state index in [0.29, 0.717) is 24.3 Å². The van der Waals surface area contributed by atoms with Crippen molar-refractivity contribution >= 4 is 19.5 Å². The molecule has 0 radical (unpaired) electrons. The van der Waals surface area contributed by atoms with Crippen molar-refractivity contribution in [3.8, 4) is 0 Å². The number of carbonyl (C=O) groups is 1. The van der Waals surface area contributed by atoms with Gasteiger partial charge in [0, 0.05) is 35.9 Å². The van der Waals surface area contributed by atoms with Crippen molar-refractivity contribution in [2.45, 2.75) is 13.8 Å². The topological polar surface area (TPSA) is 57.5 Å². The van der Waals surface area contributed by atoms with Gasteiger partial charge >= 0.3 is 7.60 Å². The Balaban J connectivity index is 2.24. The average molecular weight is 347 g/mol. The second-order valence-electron chi connectivity index (χ2n) is 5.15. The Bertz CT molecular complexity index is 755. The molecule has 0 unspecified atom stereocenters. The number of aryl methyl sites for hydroxylation is 1. The standard InChI is InChI=1S/C18H22NO4P/c1-4-22-24(21,23-5-2)12-11-17-13-16(14-19(17)3)18(20)15-9-7-6-8-10-15/h6-14H,4-5H2,1-3H3/b12-11+. The molecule has 0 spiro atoms. The number of hydrogen-bond donors (Lipinski definition) is 0. The molecule has 0 fully saturated rings. The highest BCUT2D eigenvalue weighted by Crippen LogP contribution is 2.50. The molecule has 2 aromatic rings. The summed E-state index contributed by atoms with van der Waals surface area (Å²) >= 11 is 0. The van der Waals surface area contributed by atoms with Gasteiger partial charge in [0.15, 0.2) is 5.78 Å². The summed E-state index contributed by atoms with van der Waals surface area (Å²) in [5.74, 6) is 1.38. The second kappa shape index (κ2) is 8.25. The van der Waals surface area contributed by atoms with Crippen molar-refractivity contribution < 1.29 is 18.4 Å². The van der Waals surface area contributed by atoms with Gasteiger partial charge in [-0.1, -0.05) is 30.3 Å². The van der Waals surface area contributed by atoms with E-state index in [-0.39, 0.29) is 5.78 Å². The number of rotatable bonds is 8. The summed E-state index contributed by atoms with van der Waals surface area (Å²) in [4.78, 5) is 12.5. The highest BCUT2D eigenvalue weighted by molar-refractivity contribution is 7.57. The van der Waals surface area contributed by atoms with Gasteiger partial charge in [0.25, 0.3) is 0 Å². The van der Waals surface area contributed by atoms with Crippen LogP contribution in [0.5, 0.6) is 0 Å². The summed E-state index contributed by atoms with van der Waals surface area (Å²) in [7, 11) is -1.43. The molecule has 0 aliphatic rings. The van der Waals surface area contributed by atoms with Crippen LogP contribution in [0, 0.1) is 0 Å². The molecule has 1 aromatic carbocycles. The van der Waals surface area contributed by atoms with Gasteiger partial charge in [0.2, 0.25) is 0 Å². The molecule has 5 nitrogen and oxygen atoms in total. The van der Waals surface area contributed by atoms with E-state index in [1.165, 1.54) is 5.82 Å². The Labute approximate surface area is 142 Å². The Morgan fingerprint density at radius 1 is 1.12 bits per heavy atom. The van der Waals surface area contributed by atoms with Crippen LogP contribution in [-0.4, -0.2) is 23.6 Å². The van der Waals surface area contributed by atoms with Gasteiger partial charge in [-0.3, -0.25) is 9.36 Å². The molecular formula is C18H22NO4P. The number of nitrogens with zero attached hydrogens (tertiary/aromatic N) is 1. The maximum Gasteiger partial charge on any atom is 0.354 e. The number of carbonyl (C=O) groups excluding carboxylic acids is 1. The minimum Gasteiger partial charge on any atom is -0.350 e. The summed E-state index contributed by atoms with van der Waals surface area (Å²) in [6.07, 6.45) is 3.41. The summed E-state index contributed by atoms with van der Waals surface area (Å²) < 4.78 is 24.7. The first-order chi connectivity index (χ1) is 11.5. The predicted octanol–water partition coefficient (Wildman–Crippen LogP) is 4.49. The molecule has 6 heteroatoms. The van der Waals surface area contributed by atoms with Gasteiger partial charge in [-0.2, -0.15) is 0 Å². The monoisotopic (exact) mass is 347 g/mol. The molecule has 0 amide bonds. The number of hydrogen-bond acceptors (Lipinski definition) is 4. The summed E-state index contributed by atoms with van der Waals surface area (Å²) in [6, 6.07) is 10.9. The van der Waals surface area contributed by atoms with Crippen molar-refractivity contribution in [1.29, 1.82) is 0 Å². The highest BCUT2D eigenvalue weighted by atomic mass is 31.2. The van der Waals surface area contributed by atoms with E-state index in [9.17, 15) is 9.36 Å². The fourth-order valence-corrected chi connectivity index (χ4v) is 3.58. The quantitative estimate of drug-likeness (QED) is 0.521. The zero-order valence-corrected chi connectivity index (χ0v) is 15.0. The summed E-state index contributed by atoms with van der Waals surface area (Å²) in [5, 5.41) is 0. The van der Waals surface area contributed by atoms with Crippen LogP contribution >= 0.6 is 7.60 Å². The lowest BCUT2D eigenvalue weighted by molar-refractivity contribution is 0.103. The van der Waals surface area contributed by atoms with Gasteiger partial charge in [0.1, 0.15) is 0 Å². The van der Waals surface area contributed by atoms with Crippen LogP contribution in [-0.2, 0) is 20.7 Å². The van der Waals surface area contributed by atoms with E-state index in [2.05, 4.69) is 0 Å². The molecule has 24 heavy (non-hydrogen) atoms. The molecule has 0 saturated heterocycles. The van der Waals surface area contributed by atoms with Gasteiger partial charge in [-0.15, -0.1) is 0 Å². The zero-order chi connectivity index (χ0) is 17.6. The lowest BCUT2D eigenvalue weighted by atomic mass is 10.1. The maximum absolute atomic E-state index is 12.5. The first-order valence-electron chi connectivity index (χ1n) is 7.83. The van der Waals surface area contributed by atoms with Crippen LogP contribution in [0.2, 0.25) is 0 Å². The zero-order valence-electron chi connectivity index (χ0n) is 14.1. The first-order valence-corrected chi connectivity index (χ1v) is 9.44. The van der Waals surface area contributed by atoms with E-state index >= 15 is 0 Å². The van der Waals surface area contributed by atoms with Gasteiger partial charge in [-0.05, 0) is 26.0 Å². The minimum atomic E-state index is -3.26. The normalized spacial score (nSPS) is 12.0. The number of benzene rings is 1. The second-order valence-corrected chi connectivity index (χ2v) is 7.05. The van der Waals surface area contributed by atoms with Crippen LogP contribution in [0.4, 0.5) is 0 Å². The minimum absolute atomic E-state index is 0.0522. The van der Waals surface area contributed by atoms with Crippen LogP contribution in [0.15, 0.2) is 48.4 Å². The molecule has 0 saturated carbocycles. The Hall–Kier alpha value is -1.94. The molecule has 0 aliphatic heterocycles. The van der Waals surface area contributed by atoms with Crippen LogP contribution in [0.1, 0.15) is 35.5 Å². The maximum atomic E-state index is 12.5. The largest absolute Gasteiger partial charge is 0.354 e. The lowest BCUT2D eigenvalue weighted by Gasteiger charge is -2.12. The fraction of sp³-hybridized carbons (Fsp3) is 0.278. The van der Waals surface area contributed by atoms with Crippen molar-refractivity contribution in [3.63, 3.8) is 0 Å². The molecule has 2 rings (SSSR count). The third kappa shape index (κ3) is 4.54. The lowest BCUT2D eigenvalue weighted by Crippen LogP contribution is -1.99. The summed E-state index contributed by atoms with van der Waals surface area (Å²) in [6.45, 7) is 4.12. The predicted molar refractivity (Wildman–Crippen MR) is 95.2 cm³/mol. The molecule has 0 bridgehead atoms. The fourth-order valence-electron chi connectivity index (χ4n) is 2.28. The Kier molecular flexibility index (Phi) is 6.32. The van der Waals surface area contributed by atoms with E-state index in [1.54, 1.807) is 48.9 Å². The molecular weight excluding hydrogens is 325 g/mol. The van der Waals surface area contributed by atoms with Gasteiger partial charge in [-0.25, -0.2) is 0 Å². The average Bonchev–Trinajstić information content (AvgIpc) is 2.95. The number of ketones is 1. The Morgan fingerprint density at radius 3 is 2.33 bits per heavy atom. The van der Waals surface area contributed by atoms with E-state index in [0.717, 1.165) is 5.69 Å². The molecule has 0 atom stereocenters. The van der Waals surface area contributed by atoms with Crippen molar-refractivity contribution in [2.75, 3.05) is 13.2 Å². The van der Waals surface area contributed by atoms with Crippen molar-refractivity contribution in [3.05, 3.63) is 65.2 Å². The Morgan fingerprint density at radius 2 is 1.75 bits per heavy atom. The van der Waals surface area contributed by atoms with Gasteiger partial charge in [0.05, 0.1) is 13.2 Å². The van der Waals surface area contributed by atoms with Gasteiger partial charge < -0.3 is 13.6 Å². The van der Waals surface area contributed by atoms with Crippen molar-refractivity contribution in [1.82, 2.24) is 4.57 Å². The smallest absolute Gasteiger partial charge is 0.350 e. The van der Waals surface area contributed by atoms with Crippen LogP contribution in [0.3, 0.4) is 0 Å². The van der Waals surface area contributed by atoms with Crippen molar-refractivity contribution in [2.24, 2.45) is 7.05 Å². The molecule has 0 N–H and O–H groups in total. The molecule has 128 valence electrons. The van der Waals surface area contributed by atoms with Crippen LogP contribution < -0.4 is 0 Å².